The van der Waals surface area contributed by atoms with E-state index >= 15 is 0 Å². The first-order chi connectivity index (χ1) is 18.4. The molecule has 10 heteroatoms. The fourth-order valence-electron chi connectivity index (χ4n) is 3.96. The molecule has 0 radical (unpaired) electrons. The third kappa shape index (κ3) is 6.66. The maximum Gasteiger partial charge on any atom is 0.267 e. The number of hydrogen-bond acceptors (Lipinski definition) is 5. The van der Waals surface area contributed by atoms with Crippen molar-refractivity contribution in [2.75, 3.05) is 13.7 Å². The zero-order valence-corrected chi connectivity index (χ0v) is 21.8. The molecule has 0 spiro atoms. The number of fused-ring (bicyclic) bond motifs is 1. The molecule has 1 heterocycles. The van der Waals surface area contributed by atoms with Crippen molar-refractivity contribution in [1.29, 1.82) is 0 Å². The third-order valence-corrected chi connectivity index (χ3v) is 6.37. The molecule has 3 aromatic carbocycles. The Kier molecular flexibility index (Phi) is 8.91. The van der Waals surface area contributed by atoms with Gasteiger partial charge in [0.1, 0.15) is 6.61 Å². The average Bonchev–Trinajstić information content (AvgIpc) is 3.33. The standard InChI is InChI=1S/C28H25Cl2N3O5/c1-37-26-12-17(7-11-27(34)33-36)6-10-25(26)38-16-20(13-18-15-31-24-5-3-2-4-21(18)24)32-28(35)22-9-8-19(29)14-23(22)30/h2-12,14-15,20,31,36H,13,16H2,1H3,(H,32,35)(H,33,34)/b11-7+/t20-/m0/s1. The number of amides is 2. The Labute approximate surface area is 229 Å². The SMILES string of the molecule is COc1cc(/C=C/C(=O)NO)ccc1OC[C@H](Cc1c[nH]c2ccccc12)NC(=O)c1ccc(Cl)cc1Cl. The summed E-state index contributed by atoms with van der Waals surface area (Å²) in [6.45, 7) is 0.134. The van der Waals surface area contributed by atoms with E-state index < -0.39 is 11.9 Å². The largest absolute Gasteiger partial charge is 0.493 e. The molecule has 196 valence electrons. The van der Waals surface area contributed by atoms with Crippen molar-refractivity contribution >= 4 is 52.0 Å². The maximum atomic E-state index is 13.1. The first-order valence-corrected chi connectivity index (χ1v) is 12.4. The van der Waals surface area contributed by atoms with Crippen LogP contribution in [0.15, 0.2) is 72.9 Å². The molecule has 8 nitrogen and oxygen atoms in total. The van der Waals surface area contributed by atoms with Crippen LogP contribution in [-0.4, -0.2) is 41.8 Å². The highest BCUT2D eigenvalue weighted by molar-refractivity contribution is 6.36. The molecule has 0 aliphatic heterocycles. The molecular formula is C28H25Cl2N3O5. The second kappa shape index (κ2) is 12.5. The van der Waals surface area contributed by atoms with Gasteiger partial charge in [-0.2, -0.15) is 0 Å². The lowest BCUT2D eigenvalue weighted by Crippen LogP contribution is -2.40. The molecule has 4 N–H and O–H groups in total. The number of hydroxylamine groups is 1. The summed E-state index contributed by atoms with van der Waals surface area (Å²) in [6.07, 6.45) is 5.11. The Balaban J connectivity index is 1.55. The molecule has 4 aromatic rings. The monoisotopic (exact) mass is 553 g/mol. The average molecular weight is 554 g/mol. The molecule has 0 bridgehead atoms. The molecule has 0 saturated carbocycles. The number of H-pyrrole nitrogens is 1. The number of halogens is 2. The molecule has 1 aromatic heterocycles. The van der Waals surface area contributed by atoms with Crippen molar-refractivity contribution in [3.63, 3.8) is 0 Å². The van der Waals surface area contributed by atoms with Crippen molar-refractivity contribution in [3.8, 4) is 11.5 Å². The lowest BCUT2D eigenvalue weighted by Gasteiger charge is -2.21. The first kappa shape index (κ1) is 27.1. The summed E-state index contributed by atoms with van der Waals surface area (Å²) in [6, 6.07) is 17.3. The highest BCUT2D eigenvalue weighted by Gasteiger charge is 2.20. The van der Waals surface area contributed by atoms with Crippen LogP contribution in [0.1, 0.15) is 21.5 Å². The minimum Gasteiger partial charge on any atom is -0.493 e. The Bertz CT molecular complexity index is 1480. The number of benzene rings is 3. The van der Waals surface area contributed by atoms with Gasteiger partial charge in [0.2, 0.25) is 0 Å². The van der Waals surface area contributed by atoms with Gasteiger partial charge < -0.3 is 19.8 Å². The molecule has 0 aliphatic rings. The number of rotatable bonds is 10. The third-order valence-electron chi connectivity index (χ3n) is 5.82. The molecule has 1 atom stereocenters. The predicted octanol–water partition coefficient (Wildman–Crippen LogP) is 5.42. The topological polar surface area (TPSA) is 113 Å². The van der Waals surface area contributed by atoms with Crippen LogP contribution in [0.4, 0.5) is 0 Å². The second-order valence-electron chi connectivity index (χ2n) is 8.39. The van der Waals surface area contributed by atoms with E-state index in [1.807, 2.05) is 30.5 Å². The molecule has 0 fully saturated rings. The quantitative estimate of drug-likeness (QED) is 0.119. The fraction of sp³-hybridized carbons (Fsp3) is 0.143. The van der Waals surface area contributed by atoms with Crippen LogP contribution in [0.2, 0.25) is 10.0 Å². The zero-order valence-electron chi connectivity index (χ0n) is 20.3. The van der Waals surface area contributed by atoms with Gasteiger partial charge in [0.05, 0.1) is 23.7 Å². The van der Waals surface area contributed by atoms with Gasteiger partial charge in [-0.05, 0) is 60.0 Å². The van der Waals surface area contributed by atoms with Gasteiger partial charge in [-0.3, -0.25) is 14.8 Å². The number of carbonyl (C=O) groups is 2. The number of methoxy groups -OCH3 is 1. The first-order valence-electron chi connectivity index (χ1n) is 11.6. The van der Waals surface area contributed by atoms with Gasteiger partial charge in [0.15, 0.2) is 11.5 Å². The molecule has 2 amide bonds. The fourth-order valence-corrected chi connectivity index (χ4v) is 4.46. The summed E-state index contributed by atoms with van der Waals surface area (Å²) in [7, 11) is 1.50. The zero-order chi connectivity index (χ0) is 27.1. The highest BCUT2D eigenvalue weighted by atomic mass is 35.5. The highest BCUT2D eigenvalue weighted by Crippen LogP contribution is 2.29. The van der Waals surface area contributed by atoms with Crippen molar-refractivity contribution in [2.24, 2.45) is 0 Å². The molecule has 38 heavy (non-hydrogen) atoms. The summed E-state index contributed by atoms with van der Waals surface area (Å²) in [4.78, 5) is 27.7. The van der Waals surface area contributed by atoms with Crippen LogP contribution in [0.25, 0.3) is 17.0 Å². The minimum absolute atomic E-state index is 0.134. The van der Waals surface area contributed by atoms with E-state index in [4.69, 9.17) is 37.9 Å². The van der Waals surface area contributed by atoms with Crippen molar-refractivity contribution in [2.45, 2.75) is 12.5 Å². The molecular weight excluding hydrogens is 529 g/mol. The van der Waals surface area contributed by atoms with Gasteiger partial charge in [-0.15, -0.1) is 0 Å². The van der Waals surface area contributed by atoms with Gasteiger partial charge in [-0.1, -0.05) is 47.5 Å². The van der Waals surface area contributed by atoms with Gasteiger partial charge in [-0.25, -0.2) is 5.48 Å². The smallest absolute Gasteiger partial charge is 0.267 e. The van der Waals surface area contributed by atoms with E-state index in [-0.39, 0.29) is 17.5 Å². The Morgan fingerprint density at radius 1 is 1.08 bits per heavy atom. The summed E-state index contributed by atoms with van der Waals surface area (Å²) in [5, 5.41) is 13.4. The van der Waals surface area contributed by atoms with Crippen LogP contribution in [0.3, 0.4) is 0 Å². The maximum absolute atomic E-state index is 13.1. The van der Waals surface area contributed by atoms with E-state index in [0.29, 0.717) is 34.1 Å². The van der Waals surface area contributed by atoms with Gasteiger partial charge >= 0.3 is 0 Å². The molecule has 0 aliphatic carbocycles. The summed E-state index contributed by atoms with van der Waals surface area (Å²) < 4.78 is 11.6. The number of para-hydroxylation sites is 1. The van der Waals surface area contributed by atoms with Crippen molar-refractivity contribution < 1.29 is 24.3 Å². The van der Waals surface area contributed by atoms with Crippen LogP contribution in [-0.2, 0) is 11.2 Å². The Morgan fingerprint density at radius 2 is 1.89 bits per heavy atom. The van der Waals surface area contributed by atoms with E-state index in [9.17, 15) is 9.59 Å². The van der Waals surface area contributed by atoms with Crippen molar-refractivity contribution in [3.05, 3.63) is 99.7 Å². The van der Waals surface area contributed by atoms with Crippen LogP contribution in [0.5, 0.6) is 11.5 Å². The summed E-state index contributed by atoms with van der Waals surface area (Å²) >= 11 is 12.3. The van der Waals surface area contributed by atoms with Crippen LogP contribution >= 0.6 is 23.2 Å². The Morgan fingerprint density at radius 3 is 2.66 bits per heavy atom. The van der Waals surface area contributed by atoms with Crippen LogP contribution < -0.4 is 20.3 Å². The number of nitrogens with one attached hydrogen (secondary N) is 3. The lowest BCUT2D eigenvalue weighted by atomic mass is 10.0. The summed E-state index contributed by atoms with van der Waals surface area (Å²) in [5.41, 5.74) is 4.52. The van der Waals surface area contributed by atoms with Gasteiger partial charge in [0, 0.05) is 28.2 Å². The number of aromatic nitrogens is 1. The molecule has 4 rings (SSSR count). The summed E-state index contributed by atoms with van der Waals surface area (Å²) in [5.74, 6) is -0.107. The second-order valence-corrected chi connectivity index (χ2v) is 9.23. The normalized spacial score (nSPS) is 11.9. The molecule has 0 saturated heterocycles. The van der Waals surface area contributed by atoms with E-state index in [2.05, 4.69) is 10.3 Å². The minimum atomic E-state index is -0.652. The van der Waals surface area contributed by atoms with E-state index in [1.54, 1.807) is 30.3 Å². The predicted molar refractivity (Wildman–Crippen MR) is 147 cm³/mol. The number of ether oxygens (including phenoxy) is 2. The van der Waals surface area contributed by atoms with E-state index in [1.165, 1.54) is 30.8 Å². The van der Waals surface area contributed by atoms with Crippen molar-refractivity contribution in [1.82, 2.24) is 15.8 Å². The number of carbonyl (C=O) groups excluding carboxylic acids is 2. The Hall–Kier alpha value is -3.98. The van der Waals surface area contributed by atoms with Gasteiger partial charge in [0.25, 0.3) is 11.8 Å². The lowest BCUT2D eigenvalue weighted by molar-refractivity contribution is -0.124. The molecule has 0 unspecified atom stereocenters. The number of hydrogen-bond donors (Lipinski definition) is 4. The number of aromatic amines is 1. The van der Waals surface area contributed by atoms with Crippen LogP contribution in [0, 0.1) is 0 Å². The van der Waals surface area contributed by atoms with E-state index in [0.717, 1.165) is 16.5 Å².